The molecule has 0 rings (SSSR count). The molecule has 0 unspecified atom stereocenters. The SMILES string of the molecule is CCOC(=O)[C-]=C(C(=O)OCC)C(C)C.[CH3-].[Zn+2]. The van der Waals surface area contributed by atoms with E-state index in [2.05, 4.69) is 10.8 Å². The molecule has 0 saturated carbocycles. The van der Waals surface area contributed by atoms with Gasteiger partial charge in [-0.1, -0.05) is 13.8 Å². The van der Waals surface area contributed by atoms with Crippen LogP contribution in [-0.2, 0) is 38.5 Å². The molecule has 0 N–H and O–H groups in total. The fourth-order valence-corrected chi connectivity index (χ4v) is 0.917. The van der Waals surface area contributed by atoms with Gasteiger partial charge in [-0.25, -0.2) is 0 Å². The van der Waals surface area contributed by atoms with Crippen LogP contribution in [0.2, 0.25) is 0 Å². The maximum absolute atomic E-state index is 11.4. The van der Waals surface area contributed by atoms with Crippen LogP contribution in [0.3, 0.4) is 0 Å². The van der Waals surface area contributed by atoms with Crippen LogP contribution in [0.15, 0.2) is 5.57 Å². The summed E-state index contributed by atoms with van der Waals surface area (Å²) in [6.45, 7) is 7.52. The third kappa shape index (κ3) is 9.05. The van der Waals surface area contributed by atoms with Gasteiger partial charge in [-0.05, 0) is 19.8 Å². The van der Waals surface area contributed by atoms with E-state index >= 15 is 0 Å². The first-order valence-corrected chi connectivity index (χ1v) is 5.00. The summed E-state index contributed by atoms with van der Waals surface area (Å²) in [6.07, 6.45) is 2.38. The van der Waals surface area contributed by atoms with E-state index in [0.29, 0.717) is 0 Å². The minimum Gasteiger partial charge on any atom is -0.547 e. The van der Waals surface area contributed by atoms with Gasteiger partial charge in [0.2, 0.25) is 5.97 Å². The van der Waals surface area contributed by atoms with Crippen molar-refractivity contribution in [1.82, 2.24) is 0 Å². The number of hydrogen-bond acceptors (Lipinski definition) is 4. The molecule has 0 aliphatic heterocycles. The summed E-state index contributed by atoms with van der Waals surface area (Å²) in [5.74, 6) is -1.26. The molecular formula is C12H20O4Zn. The number of carbonyl (C=O) groups excluding carboxylic acids is 2. The standard InChI is InChI=1S/C11H17O4.CH3.Zn/c1-5-14-10(12)7-9(8(3)4)11(13)15-6-2;;/h8H,5-6H2,1-4H3;1H3;/q2*-1;+2. The van der Waals surface area contributed by atoms with E-state index in [1.54, 1.807) is 27.7 Å². The Hall–Kier alpha value is -0.697. The number of carbonyl (C=O) groups is 2. The van der Waals surface area contributed by atoms with Crippen LogP contribution in [-0.4, -0.2) is 25.2 Å². The summed E-state index contributed by atoms with van der Waals surface area (Å²) in [7, 11) is 0. The molecule has 0 aliphatic carbocycles. The Morgan fingerprint density at radius 2 is 1.59 bits per heavy atom. The maximum Gasteiger partial charge on any atom is 2.00 e. The molecular weight excluding hydrogens is 274 g/mol. The van der Waals surface area contributed by atoms with Crippen LogP contribution in [0.4, 0.5) is 0 Å². The molecule has 0 atom stereocenters. The molecule has 0 heterocycles. The van der Waals surface area contributed by atoms with E-state index in [1.165, 1.54) is 0 Å². The Kier molecular flexibility index (Phi) is 14.9. The zero-order valence-corrected chi connectivity index (χ0v) is 14.3. The molecule has 0 aromatic heterocycles. The van der Waals surface area contributed by atoms with Crippen molar-refractivity contribution >= 4 is 11.9 Å². The van der Waals surface area contributed by atoms with Crippen molar-refractivity contribution in [3.8, 4) is 0 Å². The molecule has 94 valence electrons. The minimum absolute atomic E-state index is 0. The second kappa shape index (κ2) is 11.8. The van der Waals surface area contributed by atoms with Crippen molar-refractivity contribution in [3.05, 3.63) is 19.1 Å². The van der Waals surface area contributed by atoms with Crippen LogP contribution in [0.25, 0.3) is 0 Å². The van der Waals surface area contributed by atoms with Gasteiger partial charge in [0.1, 0.15) is 0 Å². The normalized spacial score (nSPS) is 10.1. The predicted octanol–water partition coefficient (Wildman–Crippen LogP) is 1.95. The molecule has 0 radical (unpaired) electrons. The van der Waals surface area contributed by atoms with Crippen molar-refractivity contribution in [2.45, 2.75) is 27.7 Å². The van der Waals surface area contributed by atoms with Gasteiger partial charge >= 0.3 is 19.5 Å². The number of esters is 2. The second-order valence-corrected chi connectivity index (χ2v) is 3.13. The monoisotopic (exact) mass is 292 g/mol. The Labute approximate surface area is 117 Å². The molecule has 0 spiro atoms. The van der Waals surface area contributed by atoms with Crippen molar-refractivity contribution in [1.29, 1.82) is 0 Å². The van der Waals surface area contributed by atoms with Crippen molar-refractivity contribution in [2.24, 2.45) is 5.92 Å². The topological polar surface area (TPSA) is 52.6 Å². The van der Waals surface area contributed by atoms with Gasteiger partial charge in [0.15, 0.2) is 5.97 Å². The van der Waals surface area contributed by atoms with E-state index in [9.17, 15) is 9.59 Å². The average Bonchev–Trinajstić information content (AvgIpc) is 2.14. The third-order valence-electron chi connectivity index (χ3n) is 1.58. The van der Waals surface area contributed by atoms with Crippen molar-refractivity contribution in [3.63, 3.8) is 0 Å². The minimum atomic E-state index is -0.630. The molecule has 4 nitrogen and oxygen atoms in total. The summed E-state index contributed by atoms with van der Waals surface area (Å²) in [5.41, 5.74) is 0.218. The van der Waals surface area contributed by atoms with Crippen LogP contribution in [0.1, 0.15) is 27.7 Å². The zero-order valence-electron chi connectivity index (χ0n) is 11.3. The Morgan fingerprint density at radius 3 is 1.94 bits per heavy atom. The van der Waals surface area contributed by atoms with Gasteiger partial charge in [-0.2, -0.15) is 0 Å². The van der Waals surface area contributed by atoms with Gasteiger partial charge in [0.05, 0.1) is 13.2 Å². The molecule has 0 aliphatic rings. The van der Waals surface area contributed by atoms with Gasteiger partial charge < -0.3 is 21.7 Å². The van der Waals surface area contributed by atoms with E-state index in [-0.39, 0.29) is 51.6 Å². The Balaban J connectivity index is -0.000000980. The van der Waals surface area contributed by atoms with E-state index in [4.69, 9.17) is 4.74 Å². The number of ether oxygens (including phenoxy) is 2. The summed E-state index contributed by atoms with van der Waals surface area (Å²) in [4.78, 5) is 22.5. The average molecular weight is 294 g/mol. The van der Waals surface area contributed by atoms with Crippen molar-refractivity contribution < 1.29 is 38.5 Å². The van der Waals surface area contributed by atoms with Gasteiger partial charge in [-0.3, -0.25) is 4.79 Å². The number of hydrogen-bond donors (Lipinski definition) is 0. The summed E-state index contributed by atoms with van der Waals surface area (Å²) in [5, 5.41) is 0. The molecule has 0 amide bonds. The maximum atomic E-state index is 11.4. The summed E-state index contributed by atoms with van der Waals surface area (Å²) in [6, 6.07) is 0. The van der Waals surface area contributed by atoms with Crippen LogP contribution in [0.5, 0.6) is 0 Å². The van der Waals surface area contributed by atoms with Gasteiger partial charge in [0.25, 0.3) is 0 Å². The van der Waals surface area contributed by atoms with Crippen molar-refractivity contribution in [2.75, 3.05) is 13.2 Å². The molecule has 0 aromatic carbocycles. The first kappa shape index (κ1) is 21.6. The third-order valence-corrected chi connectivity index (χ3v) is 1.58. The first-order chi connectivity index (χ1) is 7.02. The Bertz CT molecular complexity index is 259. The molecule has 0 fully saturated rings. The molecule has 0 saturated heterocycles. The second-order valence-electron chi connectivity index (χ2n) is 3.13. The van der Waals surface area contributed by atoms with Crippen LogP contribution < -0.4 is 0 Å². The quantitative estimate of drug-likeness (QED) is 0.336. The fourth-order valence-electron chi connectivity index (χ4n) is 0.917. The first-order valence-electron chi connectivity index (χ1n) is 5.00. The molecule has 0 bridgehead atoms. The molecule has 17 heavy (non-hydrogen) atoms. The summed E-state index contributed by atoms with van der Waals surface area (Å²) < 4.78 is 9.47. The van der Waals surface area contributed by atoms with Gasteiger partial charge in [-0.15, -0.1) is 11.6 Å². The fraction of sp³-hybridized carbons (Fsp3) is 0.583. The van der Waals surface area contributed by atoms with E-state index < -0.39 is 11.9 Å². The van der Waals surface area contributed by atoms with E-state index in [1.807, 2.05) is 0 Å². The largest absolute Gasteiger partial charge is 2.00 e. The smallest absolute Gasteiger partial charge is 0.547 e. The molecule has 5 heteroatoms. The zero-order chi connectivity index (χ0) is 11.8. The van der Waals surface area contributed by atoms with Gasteiger partial charge in [0, 0.05) is 0 Å². The van der Waals surface area contributed by atoms with Crippen LogP contribution >= 0.6 is 0 Å². The summed E-state index contributed by atoms with van der Waals surface area (Å²) >= 11 is 0. The molecule has 0 aromatic rings. The van der Waals surface area contributed by atoms with E-state index in [0.717, 1.165) is 0 Å². The van der Waals surface area contributed by atoms with Crippen LogP contribution in [0, 0.1) is 19.4 Å². The predicted molar refractivity (Wildman–Crippen MR) is 61.3 cm³/mol. The number of rotatable bonds is 5. The Morgan fingerprint density at radius 1 is 1.12 bits per heavy atom.